The number of carboxylic acids is 1. The van der Waals surface area contributed by atoms with Crippen LogP contribution in [0.5, 0.6) is 0 Å². The molecule has 94 valence electrons. The number of fused-ring (bicyclic) bond motifs is 1. The van der Waals surface area contributed by atoms with E-state index in [2.05, 4.69) is 0 Å². The van der Waals surface area contributed by atoms with Crippen LogP contribution in [0.4, 0.5) is 0 Å². The third-order valence-electron chi connectivity index (χ3n) is 2.98. The van der Waals surface area contributed by atoms with Gasteiger partial charge in [-0.05, 0) is 30.5 Å². The predicted molar refractivity (Wildman–Crippen MR) is 67.6 cm³/mol. The van der Waals surface area contributed by atoms with Crippen molar-refractivity contribution in [1.29, 1.82) is 0 Å². The predicted octanol–water partition coefficient (Wildman–Crippen LogP) is 2.45. The molecule has 4 heteroatoms. The molecule has 0 saturated carbocycles. The molecule has 0 fully saturated rings. The average molecular weight is 246 g/mol. The Morgan fingerprint density at radius 1 is 1.33 bits per heavy atom. The maximum atomic E-state index is 11.1. The molecule has 0 saturated heterocycles. The topological polar surface area (TPSA) is 67.5 Å². The van der Waals surface area contributed by atoms with Gasteiger partial charge in [0.1, 0.15) is 5.58 Å². The smallest absolute Gasteiger partial charge is 0.336 e. The second-order valence-electron chi connectivity index (χ2n) is 4.40. The lowest BCUT2D eigenvalue weighted by atomic mass is 10.0. The molecule has 2 rings (SSSR count). The molecule has 0 spiro atoms. The minimum absolute atomic E-state index is 0.372. The van der Waals surface area contributed by atoms with Crippen molar-refractivity contribution in [3.05, 3.63) is 46.3 Å². The Morgan fingerprint density at radius 2 is 2.06 bits per heavy atom. The number of carbonyl (C=O) groups is 1. The molecule has 0 bridgehead atoms. The fraction of sp³-hybridized carbons (Fsp3) is 0.286. The van der Waals surface area contributed by atoms with E-state index in [-0.39, 0.29) is 11.5 Å². The molecule has 0 aliphatic rings. The standard InChI is InChI=1S/C14H14O4/c1-9(14(16)17)2-3-10-4-5-11-6-7-13(15)18-12(11)8-10/h4-9H,2-3H2,1H3,(H,16,17). The van der Waals surface area contributed by atoms with E-state index < -0.39 is 5.97 Å². The third-order valence-corrected chi connectivity index (χ3v) is 2.98. The van der Waals surface area contributed by atoms with E-state index >= 15 is 0 Å². The third kappa shape index (κ3) is 2.77. The van der Waals surface area contributed by atoms with Crippen molar-refractivity contribution >= 4 is 16.9 Å². The van der Waals surface area contributed by atoms with Crippen LogP contribution in [0.25, 0.3) is 11.0 Å². The highest BCUT2D eigenvalue weighted by Gasteiger charge is 2.10. The lowest BCUT2D eigenvalue weighted by Crippen LogP contribution is -2.10. The highest BCUT2D eigenvalue weighted by molar-refractivity contribution is 5.76. The van der Waals surface area contributed by atoms with Crippen molar-refractivity contribution in [1.82, 2.24) is 0 Å². The summed E-state index contributed by atoms with van der Waals surface area (Å²) in [4.78, 5) is 21.8. The van der Waals surface area contributed by atoms with Gasteiger partial charge >= 0.3 is 11.6 Å². The Morgan fingerprint density at radius 3 is 2.78 bits per heavy atom. The van der Waals surface area contributed by atoms with Gasteiger partial charge in [0.2, 0.25) is 0 Å². The van der Waals surface area contributed by atoms with Crippen LogP contribution in [-0.2, 0) is 11.2 Å². The summed E-state index contributed by atoms with van der Waals surface area (Å²) in [5.74, 6) is -1.16. The van der Waals surface area contributed by atoms with Gasteiger partial charge in [0.25, 0.3) is 0 Å². The van der Waals surface area contributed by atoms with Gasteiger partial charge in [-0.15, -0.1) is 0 Å². The van der Waals surface area contributed by atoms with Gasteiger partial charge in [0.05, 0.1) is 5.92 Å². The lowest BCUT2D eigenvalue weighted by molar-refractivity contribution is -0.141. The summed E-state index contributed by atoms with van der Waals surface area (Å²) >= 11 is 0. The number of rotatable bonds is 4. The SMILES string of the molecule is CC(CCc1ccc2ccc(=O)oc2c1)C(=O)O. The van der Waals surface area contributed by atoms with Gasteiger partial charge in [-0.2, -0.15) is 0 Å². The van der Waals surface area contributed by atoms with Gasteiger partial charge in [0.15, 0.2) is 0 Å². The molecule has 1 N–H and O–H groups in total. The molecule has 0 aliphatic heterocycles. The second-order valence-corrected chi connectivity index (χ2v) is 4.40. The first-order valence-electron chi connectivity index (χ1n) is 5.82. The number of carboxylic acid groups (broad SMARTS) is 1. The van der Waals surface area contributed by atoms with Crippen molar-refractivity contribution < 1.29 is 14.3 Å². The Hall–Kier alpha value is -2.10. The summed E-state index contributed by atoms with van der Waals surface area (Å²) in [5, 5.41) is 9.67. The van der Waals surface area contributed by atoms with Crippen molar-refractivity contribution in [2.75, 3.05) is 0 Å². The van der Waals surface area contributed by atoms with Gasteiger partial charge in [-0.1, -0.05) is 19.1 Å². The zero-order valence-electron chi connectivity index (χ0n) is 10.1. The normalized spacial score (nSPS) is 12.5. The summed E-state index contributed by atoms with van der Waals surface area (Å²) in [7, 11) is 0. The van der Waals surface area contributed by atoms with Crippen LogP contribution in [0.3, 0.4) is 0 Å². The number of aryl methyl sites for hydroxylation is 1. The Bertz CT molecular complexity index is 627. The highest BCUT2D eigenvalue weighted by Crippen LogP contribution is 2.16. The molecule has 1 atom stereocenters. The number of hydrogen-bond acceptors (Lipinski definition) is 3. The molecule has 0 radical (unpaired) electrons. The quantitative estimate of drug-likeness (QED) is 0.841. The largest absolute Gasteiger partial charge is 0.481 e. The van der Waals surface area contributed by atoms with E-state index in [1.54, 1.807) is 19.1 Å². The summed E-state index contributed by atoms with van der Waals surface area (Å²) in [5.41, 5.74) is 1.14. The van der Waals surface area contributed by atoms with Crippen LogP contribution in [0.1, 0.15) is 18.9 Å². The summed E-state index contributed by atoms with van der Waals surface area (Å²) < 4.78 is 5.08. The minimum Gasteiger partial charge on any atom is -0.481 e. The first-order chi connectivity index (χ1) is 8.56. The van der Waals surface area contributed by atoms with Crippen LogP contribution in [0, 0.1) is 5.92 Å². The number of hydrogen-bond donors (Lipinski definition) is 1. The van der Waals surface area contributed by atoms with Gasteiger partial charge in [0, 0.05) is 11.5 Å². The van der Waals surface area contributed by atoms with Crippen LogP contribution in [0.2, 0.25) is 0 Å². The molecule has 2 aromatic rings. The first kappa shape index (κ1) is 12.4. The van der Waals surface area contributed by atoms with Crippen molar-refractivity contribution in [2.24, 2.45) is 5.92 Å². The van der Waals surface area contributed by atoms with E-state index in [0.717, 1.165) is 10.9 Å². The first-order valence-corrected chi connectivity index (χ1v) is 5.82. The summed E-state index contributed by atoms with van der Waals surface area (Å²) in [6.07, 6.45) is 1.22. The zero-order chi connectivity index (χ0) is 13.1. The highest BCUT2D eigenvalue weighted by atomic mass is 16.4. The van der Waals surface area contributed by atoms with Crippen LogP contribution >= 0.6 is 0 Å². The van der Waals surface area contributed by atoms with Crippen molar-refractivity contribution in [3.63, 3.8) is 0 Å². The van der Waals surface area contributed by atoms with Crippen molar-refractivity contribution in [2.45, 2.75) is 19.8 Å². The summed E-state index contributed by atoms with van der Waals surface area (Å²) in [6.45, 7) is 1.68. The molecular weight excluding hydrogens is 232 g/mol. The van der Waals surface area contributed by atoms with Crippen LogP contribution in [-0.4, -0.2) is 11.1 Å². The van der Waals surface area contributed by atoms with Crippen LogP contribution in [0.15, 0.2) is 39.5 Å². The molecule has 4 nitrogen and oxygen atoms in total. The van der Waals surface area contributed by atoms with E-state index in [1.165, 1.54) is 6.07 Å². The zero-order valence-corrected chi connectivity index (χ0v) is 10.1. The van der Waals surface area contributed by atoms with E-state index in [1.807, 2.05) is 12.1 Å². The Kier molecular flexibility index (Phi) is 3.46. The molecule has 1 aromatic carbocycles. The van der Waals surface area contributed by atoms with E-state index in [4.69, 9.17) is 9.52 Å². The fourth-order valence-corrected chi connectivity index (χ4v) is 1.77. The van der Waals surface area contributed by atoms with E-state index in [9.17, 15) is 9.59 Å². The average Bonchev–Trinajstić information content (AvgIpc) is 2.35. The molecule has 1 unspecified atom stereocenters. The number of aliphatic carboxylic acids is 1. The molecular formula is C14H14O4. The maximum absolute atomic E-state index is 11.1. The van der Waals surface area contributed by atoms with Gasteiger partial charge < -0.3 is 9.52 Å². The monoisotopic (exact) mass is 246 g/mol. The Labute approximate surface area is 104 Å². The minimum atomic E-state index is -0.790. The molecule has 0 amide bonds. The van der Waals surface area contributed by atoms with Gasteiger partial charge in [-0.25, -0.2) is 4.79 Å². The Balaban J connectivity index is 2.19. The molecule has 1 aromatic heterocycles. The maximum Gasteiger partial charge on any atom is 0.336 e. The number of benzene rings is 1. The second kappa shape index (κ2) is 5.04. The molecule has 0 aliphatic carbocycles. The lowest BCUT2D eigenvalue weighted by Gasteiger charge is -2.06. The molecule has 1 heterocycles. The summed E-state index contributed by atoms with van der Waals surface area (Å²) in [6, 6.07) is 8.70. The van der Waals surface area contributed by atoms with E-state index in [0.29, 0.717) is 18.4 Å². The van der Waals surface area contributed by atoms with Gasteiger partial charge in [-0.3, -0.25) is 4.79 Å². The fourth-order valence-electron chi connectivity index (χ4n) is 1.77. The van der Waals surface area contributed by atoms with Crippen molar-refractivity contribution in [3.8, 4) is 0 Å². The molecule has 18 heavy (non-hydrogen) atoms. The van der Waals surface area contributed by atoms with Crippen LogP contribution < -0.4 is 5.63 Å².